The van der Waals surface area contributed by atoms with E-state index in [9.17, 15) is 0 Å². The molecule has 0 fully saturated rings. The lowest BCUT2D eigenvalue weighted by Crippen LogP contribution is -2.30. The predicted molar refractivity (Wildman–Crippen MR) is 64.5 cm³/mol. The first kappa shape index (κ1) is 13.3. The summed E-state index contributed by atoms with van der Waals surface area (Å²) in [4.78, 5) is 0. The molecule has 1 N–H and O–H groups in total. The second kappa shape index (κ2) is 8.89. The maximum absolute atomic E-state index is 3.50. The van der Waals surface area contributed by atoms with Crippen LogP contribution in [0.4, 0.5) is 0 Å². The van der Waals surface area contributed by atoms with Crippen LogP contribution in [0.1, 0.15) is 40.5 Å². The lowest BCUT2D eigenvalue weighted by molar-refractivity contribution is 0.559. The van der Waals surface area contributed by atoms with Crippen LogP contribution in [-0.4, -0.2) is 24.1 Å². The molecule has 0 aromatic carbocycles. The van der Waals surface area contributed by atoms with Gasteiger partial charge in [-0.05, 0) is 31.1 Å². The predicted octanol–water partition coefficient (Wildman–Crippen LogP) is 3.15. The van der Waals surface area contributed by atoms with E-state index in [4.69, 9.17) is 0 Å². The summed E-state index contributed by atoms with van der Waals surface area (Å²) in [6, 6.07) is 0.724. The van der Waals surface area contributed by atoms with Crippen LogP contribution in [-0.2, 0) is 0 Å². The average molecular weight is 203 g/mol. The van der Waals surface area contributed by atoms with E-state index in [1.165, 1.54) is 24.3 Å². The molecular weight excluding hydrogens is 178 g/mol. The molecule has 0 saturated carbocycles. The van der Waals surface area contributed by atoms with Crippen molar-refractivity contribution in [2.24, 2.45) is 5.92 Å². The molecule has 0 aromatic heterocycles. The number of rotatable bonds is 8. The van der Waals surface area contributed by atoms with Crippen molar-refractivity contribution in [1.82, 2.24) is 5.32 Å². The molecule has 0 spiro atoms. The Morgan fingerprint density at radius 3 is 2.38 bits per heavy atom. The third-order valence-corrected chi connectivity index (χ3v) is 3.31. The monoisotopic (exact) mass is 203 g/mol. The largest absolute Gasteiger partial charge is 0.313 e. The van der Waals surface area contributed by atoms with E-state index in [1.54, 1.807) is 0 Å². The van der Waals surface area contributed by atoms with Gasteiger partial charge in [0.2, 0.25) is 0 Å². The second-order valence-corrected chi connectivity index (χ2v) is 5.07. The molecule has 0 amide bonds. The van der Waals surface area contributed by atoms with Crippen LogP contribution in [0, 0.1) is 5.92 Å². The normalized spacial score (nSPS) is 13.6. The highest BCUT2D eigenvalue weighted by Crippen LogP contribution is 2.10. The Hall–Kier alpha value is 0.310. The van der Waals surface area contributed by atoms with Gasteiger partial charge in [0.1, 0.15) is 0 Å². The number of hydrogen-bond donors (Lipinski definition) is 1. The molecule has 1 nitrogen and oxygen atoms in total. The maximum Gasteiger partial charge on any atom is 0.0155 e. The Balaban J connectivity index is 3.27. The molecule has 0 radical (unpaired) electrons. The van der Waals surface area contributed by atoms with Gasteiger partial charge in [-0.2, -0.15) is 11.8 Å². The second-order valence-electron chi connectivity index (χ2n) is 3.92. The molecule has 0 aliphatic heterocycles. The fourth-order valence-electron chi connectivity index (χ4n) is 1.15. The van der Waals surface area contributed by atoms with Gasteiger partial charge in [0.25, 0.3) is 0 Å². The summed E-state index contributed by atoms with van der Waals surface area (Å²) in [5, 5.41) is 3.50. The maximum atomic E-state index is 3.50. The Bertz CT molecular complexity index is 104. The molecule has 0 rings (SSSR count). The van der Waals surface area contributed by atoms with Crippen LogP contribution in [0.5, 0.6) is 0 Å². The standard InChI is InChI=1S/C11H25NS/c1-5-11(12-6-2)9-13-8-7-10(3)4/h10-12H,5-9H2,1-4H3. The Morgan fingerprint density at radius 1 is 1.23 bits per heavy atom. The summed E-state index contributed by atoms with van der Waals surface area (Å²) >= 11 is 2.09. The molecule has 0 heterocycles. The zero-order valence-electron chi connectivity index (χ0n) is 9.60. The minimum Gasteiger partial charge on any atom is -0.313 e. The number of thioether (sulfide) groups is 1. The Morgan fingerprint density at radius 2 is 1.92 bits per heavy atom. The summed E-state index contributed by atoms with van der Waals surface area (Å²) < 4.78 is 0. The van der Waals surface area contributed by atoms with E-state index < -0.39 is 0 Å². The van der Waals surface area contributed by atoms with Crippen LogP contribution in [0.25, 0.3) is 0 Å². The highest BCUT2D eigenvalue weighted by atomic mass is 32.2. The lowest BCUT2D eigenvalue weighted by atomic mass is 10.2. The van der Waals surface area contributed by atoms with Gasteiger partial charge in [-0.3, -0.25) is 0 Å². The molecule has 0 saturated heterocycles. The van der Waals surface area contributed by atoms with E-state index >= 15 is 0 Å². The summed E-state index contributed by atoms with van der Waals surface area (Å²) in [5.74, 6) is 3.45. The number of nitrogens with one attached hydrogen (secondary N) is 1. The fourth-order valence-corrected chi connectivity index (χ4v) is 2.60. The molecule has 2 heteroatoms. The average Bonchev–Trinajstić information content (AvgIpc) is 2.10. The molecule has 0 aromatic rings. The van der Waals surface area contributed by atoms with Gasteiger partial charge in [0.05, 0.1) is 0 Å². The van der Waals surface area contributed by atoms with Crippen molar-refractivity contribution in [3.05, 3.63) is 0 Å². The Kier molecular flexibility index (Phi) is 9.10. The van der Waals surface area contributed by atoms with Crippen LogP contribution >= 0.6 is 11.8 Å². The van der Waals surface area contributed by atoms with Gasteiger partial charge >= 0.3 is 0 Å². The van der Waals surface area contributed by atoms with E-state index in [0.29, 0.717) is 0 Å². The number of hydrogen-bond acceptors (Lipinski definition) is 2. The van der Waals surface area contributed by atoms with Crippen molar-refractivity contribution in [2.45, 2.75) is 46.6 Å². The molecule has 1 atom stereocenters. The SMILES string of the molecule is CCNC(CC)CSCCC(C)C. The quantitative estimate of drug-likeness (QED) is 0.608. The third kappa shape index (κ3) is 8.63. The summed E-state index contributed by atoms with van der Waals surface area (Å²) in [5.41, 5.74) is 0. The highest BCUT2D eigenvalue weighted by Gasteiger charge is 2.03. The first-order valence-corrected chi connectivity index (χ1v) is 6.67. The van der Waals surface area contributed by atoms with Gasteiger partial charge in [0, 0.05) is 11.8 Å². The van der Waals surface area contributed by atoms with Gasteiger partial charge in [-0.1, -0.05) is 27.7 Å². The van der Waals surface area contributed by atoms with E-state index in [0.717, 1.165) is 18.5 Å². The van der Waals surface area contributed by atoms with E-state index in [2.05, 4.69) is 44.8 Å². The van der Waals surface area contributed by atoms with Gasteiger partial charge in [-0.25, -0.2) is 0 Å². The summed E-state index contributed by atoms with van der Waals surface area (Å²) in [7, 11) is 0. The smallest absolute Gasteiger partial charge is 0.0155 e. The van der Waals surface area contributed by atoms with E-state index in [1.807, 2.05) is 0 Å². The van der Waals surface area contributed by atoms with Crippen molar-refractivity contribution in [2.75, 3.05) is 18.1 Å². The summed E-state index contributed by atoms with van der Waals surface area (Å²) in [6.45, 7) is 10.1. The third-order valence-electron chi connectivity index (χ3n) is 2.14. The topological polar surface area (TPSA) is 12.0 Å². The van der Waals surface area contributed by atoms with Crippen molar-refractivity contribution in [3.63, 3.8) is 0 Å². The molecule has 13 heavy (non-hydrogen) atoms. The fraction of sp³-hybridized carbons (Fsp3) is 1.00. The first-order chi connectivity index (χ1) is 6.20. The van der Waals surface area contributed by atoms with Gasteiger partial charge in [0.15, 0.2) is 0 Å². The molecule has 0 aliphatic carbocycles. The van der Waals surface area contributed by atoms with Crippen LogP contribution < -0.4 is 5.32 Å². The van der Waals surface area contributed by atoms with Crippen molar-refractivity contribution in [1.29, 1.82) is 0 Å². The van der Waals surface area contributed by atoms with Crippen molar-refractivity contribution >= 4 is 11.8 Å². The zero-order valence-corrected chi connectivity index (χ0v) is 10.4. The highest BCUT2D eigenvalue weighted by molar-refractivity contribution is 7.99. The van der Waals surface area contributed by atoms with Crippen LogP contribution in [0.15, 0.2) is 0 Å². The van der Waals surface area contributed by atoms with Gasteiger partial charge in [-0.15, -0.1) is 0 Å². The minimum atomic E-state index is 0.724. The molecule has 0 aliphatic rings. The van der Waals surface area contributed by atoms with Crippen molar-refractivity contribution < 1.29 is 0 Å². The Labute approximate surface area is 88.1 Å². The molecule has 80 valence electrons. The van der Waals surface area contributed by atoms with Crippen LogP contribution in [0.2, 0.25) is 0 Å². The van der Waals surface area contributed by atoms with Crippen LogP contribution in [0.3, 0.4) is 0 Å². The van der Waals surface area contributed by atoms with Crippen molar-refractivity contribution in [3.8, 4) is 0 Å². The zero-order chi connectivity index (χ0) is 10.1. The molecule has 0 bridgehead atoms. The molecule has 1 unspecified atom stereocenters. The van der Waals surface area contributed by atoms with Gasteiger partial charge < -0.3 is 5.32 Å². The lowest BCUT2D eigenvalue weighted by Gasteiger charge is -2.15. The molecular formula is C11H25NS. The first-order valence-electron chi connectivity index (χ1n) is 5.51. The van der Waals surface area contributed by atoms with E-state index in [-0.39, 0.29) is 0 Å². The summed E-state index contributed by atoms with van der Waals surface area (Å²) in [6.07, 6.45) is 2.61. The minimum absolute atomic E-state index is 0.724.